The Morgan fingerprint density at radius 3 is 2.75 bits per heavy atom. The molecule has 94 valence electrons. The number of piperidine rings is 1. The van der Waals surface area contributed by atoms with E-state index in [4.69, 9.17) is 10.5 Å². The Hall–Kier alpha value is -0.120. The van der Waals surface area contributed by atoms with Gasteiger partial charge in [-0.15, -0.1) is 0 Å². The van der Waals surface area contributed by atoms with Crippen LogP contribution in [0.15, 0.2) is 0 Å². The minimum absolute atomic E-state index is 0.359. The average Bonchev–Trinajstić information content (AvgIpc) is 2.30. The number of hydrogen-bond donors (Lipinski definition) is 1. The normalized spacial score (nSPS) is 31.5. The van der Waals surface area contributed by atoms with E-state index in [0.29, 0.717) is 12.0 Å². The van der Waals surface area contributed by atoms with Gasteiger partial charge in [0.1, 0.15) is 0 Å². The highest BCUT2D eigenvalue weighted by molar-refractivity contribution is 4.80. The first-order chi connectivity index (χ1) is 7.75. The Balaban J connectivity index is 1.75. The van der Waals surface area contributed by atoms with E-state index < -0.39 is 0 Å². The maximum atomic E-state index is 6.02. The van der Waals surface area contributed by atoms with Gasteiger partial charge in [-0.3, -0.25) is 0 Å². The van der Waals surface area contributed by atoms with Crippen molar-refractivity contribution in [2.45, 2.75) is 38.6 Å². The third kappa shape index (κ3) is 3.44. The van der Waals surface area contributed by atoms with Crippen LogP contribution >= 0.6 is 0 Å². The number of nitrogens with zero attached hydrogens (tertiary/aromatic N) is 1. The van der Waals surface area contributed by atoms with Gasteiger partial charge in [0.25, 0.3) is 0 Å². The Morgan fingerprint density at radius 1 is 1.31 bits per heavy atom. The first-order valence-corrected chi connectivity index (χ1v) is 6.81. The molecule has 2 aliphatic heterocycles. The monoisotopic (exact) mass is 226 g/mol. The first kappa shape index (κ1) is 12.3. The predicted octanol–water partition coefficient (Wildman–Crippen LogP) is 1.47. The number of hydrogen-bond acceptors (Lipinski definition) is 3. The fourth-order valence-corrected chi connectivity index (χ4v) is 2.98. The van der Waals surface area contributed by atoms with Crippen LogP contribution in [0, 0.1) is 11.8 Å². The quantitative estimate of drug-likeness (QED) is 0.792. The lowest BCUT2D eigenvalue weighted by Gasteiger charge is -2.37. The second-order valence-electron chi connectivity index (χ2n) is 5.58. The molecular formula is C13H26N2O. The van der Waals surface area contributed by atoms with E-state index in [1.54, 1.807) is 0 Å². The SMILES string of the molecule is CC(N)C1CCCN(CC2CCOCC2)C1. The summed E-state index contributed by atoms with van der Waals surface area (Å²) in [4.78, 5) is 2.63. The van der Waals surface area contributed by atoms with Crippen LogP contribution in [0.3, 0.4) is 0 Å². The van der Waals surface area contributed by atoms with Crippen molar-refractivity contribution in [1.29, 1.82) is 0 Å². The maximum Gasteiger partial charge on any atom is 0.0469 e. The molecule has 2 saturated heterocycles. The van der Waals surface area contributed by atoms with Gasteiger partial charge in [-0.1, -0.05) is 0 Å². The van der Waals surface area contributed by atoms with Gasteiger partial charge in [0.2, 0.25) is 0 Å². The van der Waals surface area contributed by atoms with Crippen LogP contribution in [0.2, 0.25) is 0 Å². The summed E-state index contributed by atoms with van der Waals surface area (Å²) in [5.74, 6) is 1.58. The first-order valence-electron chi connectivity index (χ1n) is 6.81. The summed E-state index contributed by atoms with van der Waals surface area (Å²) in [6.45, 7) is 7.86. The molecule has 0 radical (unpaired) electrons. The summed E-state index contributed by atoms with van der Waals surface area (Å²) >= 11 is 0. The molecule has 0 aromatic rings. The van der Waals surface area contributed by atoms with Gasteiger partial charge >= 0.3 is 0 Å². The van der Waals surface area contributed by atoms with Crippen LogP contribution in [0.4, 0.5) is 0 Å². The zero-order valence-electron chi connectivity index (χ0n) is 10.5. The van der Waals surface area contributed by atoms with Gasteiger partial charge in [0.05, 0.1) is 0 Å². The minimum atomic E-state index is 0.359. The molecule has 16 heavy (non-hydrogen) atoms. The molecule has 3 nitrogen and oxygen atoms in total. The molecule has 2 N–H and O–H groups in total. The van der Waals surface area contributed by atoms with Crippen LogP contribution < -0.4 is 5.73 Å². The van der Waals surface area contributed by atoms with E-state index in [9.17, 15) is 0 Å². The second-order valence-corrected chi connectivity index (χ2v) is 5.58. The zero-order chi connectivity index (χ0) is 11.4. The molecule has 0 saturated carbocycles. The highest BCUT2D eigenvalue weighted by atomic mass is 16.5. The summed E-state index contributed by atoms with van der Waals surface area (Å²) in [7, 11) is 0. The van der Waals surface area contributed by atoms with E-state index in [2.05, 4.69) is 11.8 Å². The molecule has 0 aromatic carbocycles. The van der Waals surface area contributed by atoms with Crippen molar-refractivity contribution in [1.82, 2.24) is 4.90 Å². The summed E-state index contributed by atoms with van der Waals surface area (Å²) in [6.07, 6.45) is 5.15. The van der Waals surface area contributed by atoms with Gasteiger partial charge in [-0.25, -0.2) is 0 Å². The Bertz CT molecular complexity index is 202. The highest BCUT2D eigenvalue weighted by Gasteiger charge is 2.25. The van der Waals surface area contributed by atoms with Crippen molar-refractivity contribution >= 4 is 0 Å². The summed E-state index contributed by atoms with van der Waals surface area (Å²) in [5, 5.41) is 0. The molecule has 0 amide bonds. The molecule has 0 bridgehead atoms. The van der Waals surface area contributed by atoms with Crippen molar-refractivity contribution in [2.75, 3.05) is 32.8 Å². The standard InChI is InChI=1S/C13H26N2O/c1-11(14)13-3-2-6-15(10-13)9-12-4-7-16-8-5-12/h11-13H,2-10,14H2,1H3. The second kappa shape index (κ2) is 5.99. The Labute approximate surface area is 99.3 Å². The van der Waals surface area contributed by atoms with E-state index in [-0.39, 0.29) is 0 Å². The van der Waals surface area contributed by atoms with Crippen molar-refractivity contribution in [3.8, 4) is 0 Å². The molecule has 2 rings (SSSR count). The fraction of sp³-hybridized carbons (Fsp3) is 1.00. The Kier molecular flexibility index (Phi) is 4.62. The molecule has 2 unspecified atom stereocenters. The molecule has 2 fully saturated rings. The minimum Gasteiger partial charge on any atom is -0.381 e. The van der Waals surface area contributed by atoms with Gasteiger partial charge in [0, 0.05) is 32.3 Å². The van der Waals surface area contributed by atoms with Crippen molar-refractivity contribution in [3.05, 3.63) is 0 Å². The zero-order valence-corrected chi connectivity index (χ0v) is 10.5. The van der Waals surface area contributed by atoms with Crippen LogP contribution in [0.5, 0.6) is 0 Å². The fourth-order valence-electron chi connectivity index (χ4n) is 2.98. The molecule has 2 heterocycles. The van der Waals surface area contributed by atoms with Crippen molar-refractivity contribution in [2.24, 2.45) is 17.6 Å². The van der Waals surface area contributed by atoms with E-state index in [0.717, 1.165) is 19.1 Å². The van der Waals surface area contributed by atoms with E-state index >= 15 is 0 Å². The van der Waals surface area contributed by atoms with E-state index in [1.165, 1.54) is 45.3 Å². The lowest BCUT2D eigenvalue weighted by molar-refractivity contribution is 0.0440. The maximum absolute atomic E-state index is 6.02. The summed E-state index contributed by atoms with van der Waals surface area (Å²) in [6, 6.07) is 0.359. The lowest BCUT2D eigenvalue weighted by Crippen LogP contribution is -2.44. The smallest absolute Gasteiger partial charge is 0.0469 e. The molecular weight excluding hydrogens is 200 g/mol. The molecule has 2 aliphatic rings. The van der Waals surface area contributed by atoms with Crippen LogP contribution in [0.25, 0.3) is 0 Å². The van der Waals surface area contributed by atoms with Gasteiger partial charge in [0.15, 0.2) is 0 Å². The van der Waals surface area contributed by atoms with Gasteiger partial charge in [-0.2, -0.15) is 0 Å². The van der Waals surface area contributed by atoms with Crippen LogP contribution in [-0.4, -0.2) is 43.8 Å². The largest absolute Gasteiger partial charge is 0.381 e. The molecule has 2 atom stereocenters. The average molecular weight is 226 g/mol. The van der Waals surface area contributed by atoms with E-state index in [1.807, 2.05) is 0 Å². The number of rotatable bonds is 3. The Morgan fingerprint density at radius 2 is 2.06 bits per heavy atom. The number of likely N-dealkylation sites (tertiary alicyclic amines) is 1. The highest BCUT2D eigenvalue weighted by Crippen LogP contribution is 2.22. The topological polar surface area (TPSA) is 38.5 Å². The van der Waals surface area contributed by atoms with Gasteiger partial charge in [-0.05, 0) is 51.0 Å². The van der Waals surface area contributed by atoms with Crippen molar-refractivity contribution in [3.63, 3.8) is 0 Å². The predicted molar refractivity (Wildman–Crippen MR) is 66.4 cm³/mol. The molecule has 0 aliphatic carbocycles. The number of ether oxygens (including phenoxy) is 1. The molecule has 0 aromatic heterocycles. The third-order valence-corrected chi connectivity index (χ3v) is 4.14. The summed E-state index contributed by atoms with van der Waals surface area (Å²) in [5.41, 5.74) is 6.02. The molecule has 0 spiro atoms. The van der Waals surface area contributed by atoms with Crippen LogP contribution in [0.1, 0.15) is 32.6 Å². The summed E-state index contributed by atoms with van der Waals surface area (Å²) < 4.78 is 5.41. The van der Waals surface area contributed by atoms with Crippen LogP contribution in [-0.2, 0) is 4.74 Å². The van der Waals surface area contributed by atoms with Crippen molar-refractivity contribution < 1.29 is 4.74 Å². The third-order valence-electron chi connectivity index (χ3n) is 4.14. The molecule has 3 heteroatoms. The lowest BCUT2D eigenvalue weighted by atomic mass is 9.90. The van der Waals surface area contributed by atoms with Gasteiger partial charge < -0.3 is 15.4 Å². The number of nitrogens with two attached hydrogens (primary N) is 1.